The van der Waals surface area contributed by atoms with Gasteiger partial charge < -0.3 is 9.64 Å². The van der Waals surface area contributed by atoms with Crippen LogP contribution in [0.4, 0.5) is 5.82 Å². The summed E-state index contributed by atoms with van der Waals surface area (Å²) in [7, 11) is 3.70. The van der Waals surface area contributed by atoms with Crippen molar-refractivity contribution in [3.63, 3.8) is 0 Å². The molecule has 1 aliphatic heterocycles. The molecular formula is C18H22Cl2N4O. The number of anilines is 1. The lowest BCUT2D eigenvalue weighted by atomic mass is 10.0. The number of ether oxygens (including phenoxy) is 1. The van der Waals surface area contributed by atoms with Crippen molar-refractivity contribution >= 4 is 29.0 Å². The maximum Gasteiger partial charge on any atom is 0.218 e. The van der Waals surface area contributed by atoms with E-state index in [1.807, 2.05) is 24.3 Å². The summed E-state index contributed by atoms with van der Waals surface area (Å²) in [5.41, 5.74) is 1.18. The van der Waals surface area contributed by atoms with Crippen molar-refractivity contribution < 1.29 is 4.74 Å². The van der Waals surface area contributed by atoms with Crippen LogP contribution in [0, 0.1) is 0 Å². The second-order valence-corrected chi connectivity index (χ2v) is 7.12. The molecule has 0 aliphatic carbocycles. The minimum atomic E-state index is 0.399. The molecule has 1 aromatic heterocycles. The number of aromatic nitrogens is 2. The highest BCUT2D eigenvalue weighted by atomic mass is 35.5. The second kappa shape index (κ2) is 8.21. The van der Waals surface area contributed by atoms with Gasteiger partial charge in [0.05, 0.1) is 17.2 Å². The summed E-state index contributed by atoms with van der Waals surface area (Å²) < 4.78 is 5.20. The van der Waals surface area contributed by atoms with E-state index in [0.29, 0.717) is 22.0 Å². The normalized spacial score (nSPS) is 18.2. The van der Waals surface area contributed by atoms with Crippen LogP contribution in [0.2, 0.25) is 10.0 Å². The molecule has 2 heterocycles. The van der Waals surface area contributed by atoms with Crippen molar-refractivity contribution in [2.45, 2.75) is 25.4 Å². The third-order valence-electron chi connectivity index (χ3n) is 4.62. The molecule has 1 unspecified atom stereocenters. The number of hydrogen-bond donors (Lipinski definition) is 0. The first-order valence-corrected chi connectivity index (χ1v) is 9.07. The van der Waals surface area contributed by atoms with E-state index in [0.717, 1.165) is 38.3 Å². The summed E-state index contributed by atoms with van der Waals surface area (Å²) in [5.74, 6) is 1.47. The number of nitrogens with zero attached hydrogens (tertiary/aromatic N) is 4. The number of likely N-dealkylation sites (N-methyl/N-ethyl adjacent to an activating group) is 1. The van der Waals surface area contributed by atoms with Gasteiger partial charge >= 0.3 is 0 Å². The summed E-state index contributed by atoms with van der Waals surface area (Å²) in [6.07, 6.45) is 3.83. The molecule has 0 N–H and O–H groups in total. The Bertz CT molecular complexity index is 728. The van der Waals surface area contributed by atoms with Gasteiger partial charge in [0.25, 0.3) is 0 Å². The van der Waals surface area contributed by atoms with Gasteiger partial charge in [-0.3, -0.25) is 4.90 Å². The minimum absolute atomic E-state index is 0.399. The molecule has 0 bridgehead atoms. The second-order valence-electron chi connectivity index (χ2n) is 6.31. The smallest absolute Gasteiger partial charge is 0.218 e. The van der Waals surface area contributed by atoms with Crippen LogP contribution in [0.5, 0.6) is 5.88 Å². The van der Waals surface area contributed by atoms with E-state index >= 15 is 0 Å². The first-order valence-electron chi connectivity index (χ1n) is 8.32. The Balaban J connectivity index is 1.66. The van der Waals surface area contributed by atoms with Gasteiger partial charge in [0.2, 0.25) is 5.88 Å². The lowest BCUT2D eigenvalue weighted by molar-refractivity contribution is 0.198. The average molecular weight is 381 g/mol. The maximum atomic E-state index is 6.13. The predicted octanol–water partition coefficient (Wildman–Crippen LogP) is 3.89. The average Bonchev–Trinajstić information content (AvgIpc) is 2.64. The molecule has 0 spiro atoms. The number of methoxy groups -OCH3 is 1. The Hall–Kier alpha value is -1.56. The predicted molar refractivity (Wildman–Crippen MR) is 102 cm³/mol. The van der Waals surface area contributed by atoms with Crippen LogP contribution in [0.25, 0.3) is 0 Å². The summed E-state index contributed by atoms with van der Waals surface area (Å²) in [4.78, 5) is 13.1. The van der Waals surface area contributed by atoms with Gasteiger partial charge in [0.15, 0.2) is 0 Å². The van der Waals surface area contributed by atoms with E-state index in [1.165, 1.54) is 5.56 Å². The molecule has 0 radical (unpaired) electrons. The van der Waals surface area contributed by atoms with Crippen molar-refractivity contribution in [1.29, 1.82) is 0 Å². The number of halogens is 2. The van der Waals surface area contributed by atoms with E-state index in [2.05, 4.69) is 26.8 Å². The quantitative estimate of drug-likeness (QED) is 0.786. The first-order chi connectivity index (χ1) is 12.1. The molecule has 1 fully saturated rings. The molecule has 5 nitrogen and oxygen atoms in total. The Morgan fingerprint density at radius 2 is 2.08 bits per heavy atom. The van der Waals surface area contributed by atoms with Crippen molar-refractivity contribution in [2.24, 2.45) is 0 Å². The number of hydrogen-bond acceptors (Lipinski definition) is 5. The number of likely N-dealkylation sites (tertiary alicyclic amines) is 1. The van der Waals surface area contributed by atoms with Crippen molar-refractivity contribution in [2.75, 3.05) is 32.1 Å². The van der Waals surface area contributed by atoms with Crippen LogP contribution in [-0.2, 0) is 6.54 Å². The molecule has 1 atom stereocenters. The summed E-state index contributed by atoms with van der Waals surface area (Å²) in [6, 6.07) is 8.12. The van der Waals surface area contributed by atoms with Gasteiger partial charge in [-0.05, 0) is 37.1 Å². The number of rotatable bonds is 5. The third kappa shape index (κ3) is 4.54. The molecule has 0 amide bonds. The van der Waals surface area contributed by atoms with Crippen molar-refractivity contribution in [3.8, 4) is 5.88 Å². The fourth-order valence-electron chi connectivity index (χ4n) is 3.21. The fourth-order valence-corrected chi connectivity index (χ4v) is 3.53. The van der Waals surface area contributed by atoms with E-state index in [1.54, 1.807) is 13.4 Å². The minimum Gasteiger partial charge on any atom is -0.481 e. The SMILES string of the molecule is COc1cc(N(C)C2CCCN(Cc3ccc(Cl)c(Cl)c3)C2)ncn1. The summed E-state index contributed by atoms with van der Waals surface area (Å²) >= 11 is 12.1. The van der Waals surface area contributed by atoms with Gasteiger partial charge in [-0.15, -0.1) is 0 Å². The zero-order valence-electron chi connectivity index (χ0n) is 14.5. The lowest BCUT2D eigenvalue weighted by Gasteiger charge is -2.38. The van der Waals surface area contributed by atoms with E-state index in [-0.39, 0.29) is 0 Å². The molecule has 134 valence electrons. The molecule has 0 saturated carbocycles. The fraction of sp³-hybridized carbons (Fsp3) is 0.444. The van der Waals surface area contributed by atoms with Gasteiger partial charge in [0.1, 0.15) is 12.1 Å². The molecule has 25 heavy (non-hydrogen) atoms. The highest BCUT2D eigenvalue weighted by Gasteiger charge is 2.24. The van der Waals surface area contributed by atoms with Crippen molar-refractivity contribution in [3.05, 3.63) is 46.2 Å². The molecule has 2 aromatic rings. The third-order valence-corrected chi connectivity index (χ3v) is 5.36. The summed E-state index contributed by atoms with van der Waals surface area (Å²) in [5, 5.41) is 1.21. The molecule has 1 aliphatic rings. The van der Waals surface area contributed by atoms with Crippen LogP contribution in [0.15, 0.2) is 30.6 Å². The molecule has 1 saturated heterocycles. The van der Waals surface area contributed by atoms with Gasteiger partial charge in [-0.1, -0.05) is 29.3 Å². The Morgan fingerprint density at radius 1 is 1.24 bits per heavy atom. The van der Waals surface area contributed by atoms with Crippen LogP contribution < -0.4 is 9.64 Å². The van der Waals surface area contributed by atoms with Crippen molar-refractivity contribution in [1.82, 2.24) is 14.9 Å². The van der Waals surface area contributed by atoms with Crippen LogP contribution in [-0.4, -0.2) is 48.2 Å². The Labute approximate surface area is 158 Å². The van der Waals surface area contributed by atoms with E-state index in [9.17, 15) is 0 Å². The van der Waals surface area contributed by atoms with Gasteiger partial charge in [0, 0.05) is 32.2 Å². The molecule has 3 rings (SSSR count). The number of piperidine rings is 1. The molecule has 1 aromatic carbocycles. The zero-order valence-corrected chi connectivity index (χ0v) is 16.0. The van der Waals surface area contributed by atoms with Crippen LogP contribution in [0.1, 0.15) is 18.4 Å². The van der Waals surface area contributed by atoms with Crippen LogP contribution >= 0.6 is 23.2 Å². The van der Waals surface area contributed by atoms with Gasteiger partial charge in [-0.2, -0.15) is 0 Å². The molecular weight excluding hydrogens is 359 g/mol. The Kier molecular flexibility index (Phi) is 5.99. The Morgan fingerprint density at radius 3 is 2.84 bits per heavy atom. The van der Waals surface area contributed by atoms with E-state index < -0.39 is 0 Å². The largest absolute Gasteiger partial charge is 0.481 e. The van der Waals surface area contributed by atoms with Gasteiger partial charge in [-0.25, -0.2) is 9.97 Å². The lowest BCUT2D eigenvalue weighted by Crippen LogP contribution is -2.46. The first kappa shape index (κ1) is 18.2. The monoisotopic (exact) mass is 380 g/mol. The zero-order chi connectivity index (χ0) is 17.8. The van der Waals surface area contributed by atoms with E-state index in [4.69, 9.17) is 27.9 Å². The van der Waals surface area contributed by atoms with Crippen LogP contribution in [0.3, 0.4) is 0 Å². The summed E-state index contributed by atoms with van der Waals surface area (Å²) in [6.45, 7) is 2.93. The maximum absolute atomic E-state index is 6.13. The topological polar surface area (TPSA) is 41.5 Å². The highest BCUT2D eigenvalue weighted by molar-refractivity contribution is 6.42. The number of benzene rings is 1. The standard InChI is InChI=1S/C18H22Cl2N4O/c1-23(17-9-18(25-2)22-12-21-17)14-4-3-7-24(11-14)10-13-5-6-15(19)16(20)8-13/h5-6,8-9,12,14H,3-4,7,10-11H2,1-2H3. The molecule has 7 heteroatoms. The highest BCUT2D eigenvalue weighted by Crippen LogP contribution is 2.25.